The van der Waals surface area contributed by atoms with Gasteiger partial charge in [0, 0.05) is 24.9 Å². The van der Waals surface area contributed by atoms with Crippen LogP contribution in [0.5, 0.6) is 0 Å². The van der Waals surface area contributed by atoms with Crippen molar-refractivity contribution >= 4 is 0 Å². The van der Waals surface area contributed by atoms with Crippen molar-refractivity contribution in [1.82, 2.24) is 15.3 Å². The number of nitrogens with zero attached hydrogens (tertiary/aromatic N) is 2. The maximum atomic E-state index is 5.30. The lowest BCUT2D eigenvalue weighted by Crippen LogP contribution is -2.27. The normalized spacial score (nSPS) is 20.1. The van der Waals surface area contributed by atoms with E-state index < -0.39 is 0 Å². The van der Waals surface area contributed by atoms with Gasteiger partial charge in [0.05, 0.1) is 6.10 Å². The minimum Gasteiger partial charge on any atom is -0.381 e. The van der Waals surface area contributed by atoms with Crippen LogP contribution in [0.15, 0.2) is 0 Å². The van der Waals surface area contributed by atoms with E-state index in [1.165, 1.54) is 17.7 Å². The molecule has 0 radical (unpaired) electrons. The summed E-state index contributed by atoms with van der Waals surface area (Å²) in [7, 11) is 3.76. The number of aromatic nitrogens is 2. The summed E-state index contributed by atoms with van der Waals surface area (Å²) in [6.45, 7) is 5.26. The van der Waals surface area contributed by atoms with E-state index in [-0.39, 0.29) is 6.10 Å². The molecule has 2 atom stereocenters. The Morgan fingerprint density at radius 3 is 2.89 bits per heavy atom. The van der Waals surface area contributed by atoms with Gasteiger partial charge in [0.15, 0.2) is 0 Å². The van der Waals surface area contributed by atoms with Crippen molar-refractivity contribution in [3.8, 4) is 0 Å². The smallest absolute Gasteiger partial charge is 0.131 e. The Morgan fingerprint density at radius 1 is 1.42 bits per heavy atom. The van der Waals surface area contributed by atoms with Gasteiger partial charge in [-0.05, 0) is 58.2 Å². The topological polar surface area (TPSA) is 47.0 Å². The molecule has 1 aliphatic carbocycles. The van der Waals surface area contributed by atoms with Crippen molar-refractivity contribution in [2.24, 2.45) is 5.92 Å². The highest BCUT2D eigenvalue weighted by molar-refractivity contribution is 5.28. The first-order valence-corrected chi connectivity index (χ1v) is 7.16. The van der Waals surface area contributed by atoms with E-state index in [2.05, 4.69) is 24.1 Å². The zero-order chi connectivity index (χ0) is 13.8. The fourth-order valence-corrected chi connectivity index (χ4v) is 2.82. The van der Waals surface area contributed by atoms with Crippen molar-refractivity contribution in [2.45, 2.75) is 45.6 Å². The first-order chi connectivity index (χ1) is 9.13. The predicted molar refractivity (Wildman–Crippen MR) is 76.4 cm³/mol. The molecule has 1 aliphatic rings. The van der Waals surface area contributed by atoms with Crippen molar-refractivity contribution in [2.75, 3.05) is 20.7 Å². The summed E-state index contributed by atoms with van der Waals surface area (Å²) in [6.07, 6.45) is 4.40. The monoisotopic (exact) mass is 263 g/mol. The number of hydrogen-bond acceptors (Lipinski definition) is 4. The second-order valence-corrected chi connectivity index (χ2v) is 5.57. The number of aryl methyl sites for hydroxylation is 2. The Balaban J connectivity index is 2.16. The molecule has 4 nitrogen and oxygen atoms in total. The van der Waals surface area contributed by atoms with Gasteiger partial charge >= 0.3 is 0 Å². The van der Waals surface area contributed by atoms with Crippen LogP contribution in [0, 0.1) is 12.8 Å². The number of methoxy groups -OCH3 is 1. The number of rotatable bonds is 5. The van der Waals surface area contributed by atoms with Gasteiger partial charge in [0.1, 0.15) is 5.82 Å². The van der Waals surface area contributed by atoms with E-state index in [1.54, 1.807) is 7.11 Å². The molecule has 0 spiro atoms. The van der Waals surface area contributed by atoms with E-state index in [4.69, 9.17) is 9.72 Å². The van der Waals surface area contributed by atoms with Crippen LogP contribution in [-0.2, 0) is 24.0 Å². The molecule has 1 heterocycles. The second kappa shape index (κ2) is 6.44. The highest BCUT2D eigenvalue weighted by Gasteiger charge is 2.22. The average Bonchev–Trinajstić information content (AvgIpc) is 2.40. The van der Waals surface area contributed by atoms with Gasteiger partial charge in [-0.2, -0.15) is 0 Å². The molecule has 19 heavy (non-hydrogen) atoms. The van der Waals surface area contributed by atoms with Crippen LogP contribution in [-0.4, -0.2) is 36.8 Å². The predicted octanol–water partition coefficient (Wildman–Crippen LogP) is 1.69. The van der Waals surface area contributed by atoms with Crippen LogP contribution in [0.25, 0.3) is 0 Å². The second-order valence-electron chi connectivity index (χ2n) is 5.57. The Hall–Kier alpha value is -1.00. The van der Waals surface area contributed by atoms with Crippen LogP contribution in [0.1, 0.15) is 36.1 Å². The SMILES string of the molecule is CNCC1CCc2nc(CC(C)OC)nc(C)c2C1. The Bertz CT molecular complexity index is 434. The van der Waals surface area contributed by atoms with Gasteiger partial charge < -0.3 is 10.1 Å². The van der Waals surface area contributed by atoms with Gasteiger partial charge in [-0.15, -0.1) is 0 Å². The maximum Gasteiger partial charge on any atom is 0.131 e. The zero-order valence-electron chi connectivity index (χ0n) is 12.5. The summed E-state index contributed by atoms with van der Waals surface area (Å²) in [6, 6.07) is 0. The van der Waals surface area contributed by atoms with Gasteiger partial charge in [-0.3, -0.25) is 0 Å². The minimum absolute atomic E-state index is 0.179. The lowest BCUT2D eigenvalue weighted by atomic mass is 9.85. The third-order valence-electron chi connectivity index (χ3n) is 3.99. The summed E-state index contributed by atoms with van der Waals surface area (Å²) in [5.74, 6) is 1.65. The summed E-state index contributed by atoms with van der Waals surface area (Å²) < 4.78 is 5.30. The summed E-state index contributed by atoms with van der Waals surface area (Å²) in [5, 5.41) is 3.28. The van der Waals surface area contributed by atoms with Crippen molar-refractivity contribution in [3.63, 3.8) is 0 Å². The largest absolute Gasteiger partial charge is 0.381 e. The molecular weight excluding hydrogens is 238 g/mol. The molecule has 2 rings (SSSR count). The molecule has 0 amide bonds. The van der Waals surface area contributed by atoms with E-state index in [0.29, 0.717) is 0 Å². The fourth-order valence-electron chi connectivity index (χ4n) is 2.82. The van der Waals surface area contributed by atoms with Crippen LogP contribution in [0.4, 0.5) is 0 Å². The zero-order valence-corrected chi connectivity index (χ0v) is 12.5. The third-order valence-corrected chi connectivity index (χ3v) is 3.99. The average molecular weight is 263 g/mol. The van der Waals surface area contributed by atoms with Gasteiger partial charge in [0.25, 0.3) is 0 Å². The molecule has 1 aromatic rings. The molecule has 0 bridgehead atoms. The van der Waals surface area contributed by atoms with E-state index >= 15 is 0 Å². The molecule has 0 aliphatic heterocycles. The molecule has 4 heteroatoms. The molecule has 0 aromatic carbocycles. The van der Waals surface area contributed by atoms with Crippen molar-refractivity contribution in [3.05, 3.63) is 22.8 Å². The number of ether oxygens (including phenoxy) is 1. The summed E-state index contributed by atoms with van der Waals surface area (Å²) >= 11 is 0. The van der Waals surface area contributed by atoms with Crippen LogP contribution in [0.2, 0.25) is 0 Å². The first kappa shape index (κ1) is 14.4. The van der Waals surface area contributed by atoms with E-state index in [1.807, 2.05) is 7.05 Å². The van der Waals surface area contributed by atoms with Crippen LogP contribution < -0.4 is 5.32 Å². The number of fused-ring (bicyclic) bond motifs is 1. The van der Waals surface area contributed by atoms with Crippen LogP contribution >= 0.6 is 0 Å². The number of nitrogens with one attached hydrogen (secondary N) is 1. The molecule has 1 N–H and O–H groups in total. The highest BCUT2D eigenvalue weighted by Crippen LogP contribution is 2.26. The number of hydrogen-bond donors (Lipinski definition) is 1. The van der Waals surface area contributed by atoms with E-state index in [9.17, 15) is 0 Å². The summed E-state index contributed by atoms with van der Waals surface area (Å²) in [4.78, 5) is 9.40. The Labute approximate surface area is 116 Å². The molecule has 0 saturated carbocycles. The highest BCUT2D eigenvalue weighted by atomic mass is 16.5. The van der Waals surface area contributed by atoms with Crippen molar-refractivity contribution in [1.29, 1.82) is 0 Å². The van der Waals surface area contributed by atoms with Gasteiger partial charge in [-0.1, -0.05) is 0 Å². The maximum absolute atomic E-state index is 5.30. The summed E-state index contributed by atoms with van der Waals surface area (Å²) in [5.41, 5.74) is 3.79. The molecule has 1 aromatic heterocycles. The van der Waals surface area contributed by atoms with Gasteiger partial charge in [-0.25, -0.2) is 9.97 Å². The molecular formula is C15H25N3O. The fraction of sp³-hybridized carbons (Fsp3) is 0.733. The molecule has 0 saturated heterocycles. The lowest BCUT2D eigenvalue weighted by molar-refractivity contribution is 0.117. The first-order valence-electron chi connectivity index (χ1n) is 7.16. The van der Waals surface area contributed by atoms with E-state index in [0.717, 1.165) is 43.2 Å². The Kier molecular flexibility index (Phi) is 4.88. The molecule has 0 fully saturated rings. The van der Waals surface area contributed by atoms with Crippen LogP contribution in [0.3, 0.4) is 0 Å². The standard InChI is InChI=1S/C15H25N3O/c1-10(19-4)7-15-17-11(2)13-8-12(9-16-3)5-6-14(13)18-15/h10,12,16H,5-9H2,1-4H3. The van der Waals surface area contributed by atoms with Gasteiger partial charge in [0.2, 0.25) is 0 Å². The minimum atomic E-state index is 0.179. The molecule has 106 valence electrons. The third kappa shape index (κ3) is 3.51. The lowest BCUT2D eigenvalue weighted by Gasteiger charge is -2.25. The Morgan fingerprint density at radius 2 is 2.21 bits per heavy atom. The molecule has 2 unspecified atom stereocenters. The quantitative estimate of drug-likeness (QED) is 0.878. The van der Waals surface area contributed by atoms with Crippen molar-refractivity contribution < 1.29 is 4.74 Å².